The summed E-state index contributed by atoms with van der Waals surface area (Å²) in [7, 11) is 0. The van der Waals surface area contributed by atoms with E-state index in [0.29, 0.717) is 17.5 Å². The van der Waals surface area contributed by atoms with Crippen molar-refractivity contribution in [2.45, 2.75) is 19.4 Å². The molecule has 0 spiro atoms. The molecule has 2 aromatic rings. The van der Waals surface area contributed by atoms with Crippen molar-refractivity contribution in [1.82, 2.24) is 9.88 Å². The molecule has 0 unspecified atom stereocenters. The third-order valence-corrected chi connectivity index (χ3v) is 3.89. The van der Waals surface area contributed by atoms with Crippen LogP contribution in [0.5, 0.6) is 0 Å². The van der Waals surface area contributed by atoms with Crippen LogP contribution in [0.2, 0.25) is 0 Å². The molecule has 1 amide bonds. The third kappa shape index (κ3) is 2.82. The molecule has 3 rings (SSSR count). The molecule has 1 aromatic carbocycles. The van der Waals surface area contributed by atoms with Gasteiger partial charge in [-0.1, -0.05) is 24.4 Å². The standard InChI is InChI=1S/C15H17N3OS/c16-15(20)12-4-3-11-5-6-18(13(11)7-12)9-14(19)17-8-10-1-2-10/h3-7,10H,1-2,8-9H2,(H2,16,20)(H,17,19). The van der Waals surface area contributed by atoms with E-state index in [1.54, 1.807) is 0 Å². The highest BCUT2D eigenvalue weighted by Crippen LogP contribution is 2.27. The predicted octanol–water partition coefficient (Wildman–Crippen LogP) is 1.80. The van der Waals surface area contributed by atoms with Crippen LogP contribution >= 0.6 is 12.2 Å². The molecule has 0 saturated heterocycles. The van der Waals surface area contributed by atoms with E-state index in [-0.39, 0.29) is 5.91 Å². The SMILES string of the molecule is NC(=S)c1ccc2ccn(CC(=O)NCC3CC3)c2c1. The molecule has 0 atom stereocenters. The molecular formula is C15H17N3OS. The molecule has 1 aliphatic rings. The molecule has 20 heavy (non-hydrogen) atoms. The second kappa shape index (κ2) is 5.25. The van der Waals surface area contributed by atoms with Gasteiger partial charge in [-0.15, -0.1) is 0 Å². The Labute approximate surface area is 122 Å². The van der Waals surface area contributed by atoms with Crippen LogP contribution in [0.3, 0.4) is 0 Å². The van der Waals surface area contributed by atoms with Gasteiger partial charge in [-0.25, -0.2) is 0 Å². The van der Waals surface area contributed by atoms with Gasteiger partial charge < -0.3 is 15.6 Å². The maximum absolute atomic E-state index is 11.9. The number of fused-ring (bicyclic) bond motifs is 1. The number of amides is 1. The molecule has 0 radical (unpaired) electrons. The first-order chi connectivity index (χ1) is 9.63. The minimum Gasteiger partial charge on any atom is -0.389 e. The lowest BCUT2D eigenvalue weighted by atomic mass is 10.1. The van der Waals surface area contributed by atoms with Crippen molar-refractivity contribution in [2.75, 3.05) is 6.54 Å². The lowest BCUT2D eigenvalue weighted by Crippen LogP contribution is -2.29. The van der Waals surface area contributed by atoms with Gasteiger partial charge in [-0.3, -0.25) is 4.79 Å². The number of nitrogens with two attached hydrogens (primary N) is 1. The summed E-state index contributed by atoms with van der Waals surface area (Å²) in [6.45, 7) is 1.13. The summed E-state index contributed by atoms with van der Waals surface area (Å²) in [5, 5.41) is 4.06. The molecular weight excluding hydrogens is 270 g/mol. The average Bonchev–Trinajstić information content (AvgIpc) is 3.18. The second-order valence-electron chi connectivity index (χ2n) is 5.33. The van der Waals surface area contributed by atoms with Crippen LogP contribution in [0, 0.1) is 5.92 Å². The maximum Gasteiger partial charge on any atom is 0.239 e. The normalized spacial score (nSPS) is 14.4. The van der Waals surface area contributed by atoms with E-state index in [2.05, 4.69) is 5.32 Å². The van der Waals surface area contributed by atoms with Crippen molar-refractivity contribution < 1.29 is 4.79 Å². The number of hydrogen-bond donors (Lipinski definition) is 2. The van der Waals surface area contributed by atoms with Crippen molar-refractivity contribution >= 4 is 34.0 Å². The molecule has 5 heteroatoms. The van der Waals surface area contributed by atoms with Gasteiger partial charge in [0.05, 0.1) is 0 Å². The van der Waals surface area contributed by atoms with Crippen molar-refractivity contribution in [1.29, 1.82) is 0 Å². The zero-order chi connectivity index (χ0) is 14.1. The summed E-state index contributed by atoms with van der Waals surface area (Å²) in [5.74, 6) is 0.747. The van der Waals surface area contributed by atoms with Gasteiger partial charge in [-0.2, -0.15) is 0 Å². The Morgan fingerprint density at radius 1 is 1.40 bits per heavy atom. The number of benzene rings is 1. The van der Waals surface area contributed by atoms with Crippen LogP contribution in [-0.4, -0.2) is 22.0 Å². The zero-order valence-electron chi connectivity index (χ0n) is 11.1. The average molecular weight is 287 g/mol. The third-order valence-electron chi connectivity index (χ3n) is 3.66. The van der Waals surface area contributed by atoms with E-state index in [4.69, 9.17) is 18.0 Å². The predicted molar refractivity (Wildman–Crippen MR) is 83.6 cm³/mol. The van der Waals surface area contributed by atoms with Crippen LogP contribution in [0.15, 0.2) is 30.5 Å². The van der Waals surface area contributed by atoms with Crippen molar-refractivity contribution in [3.63, 3.8) is 0 Å². The Bertz CT molecular complexity index is 673. The molecule has 0 aliphatic heterocycles. The molecule has 1 heterocycles. The molecule has 4 nitrogen and oxygen atoms in total. The number of carbonyl (C=O) groups excluding carboxylic acids is 1. The number of nitrogens with zero attached hydrogens (tertiary/aromatic N) is 1. The molecule has 3 N–H and O–H groups in total. The van der Waals surface area contributed by atoms with Crippen LogP contribution in [0.25, 0.3) is 10.9 Å². The summed E-state index contributed by atoms with van der Waals surface area (Å²) in [6.07, 6.45) is 4.40. The van der Waals surface area contributed by atoms with E-state index in [1.807, 2.05) is 35.0 Å². The molecule has 1 saturated carbocycles. The largest absolute Gasteiger partial charge is 0.389 e. The topological polar surface area (TPSA) is 60.0 Å². The van der Waals surface area contributed by atoms with Crippen LogP contribution < -0.4 is 11.1 Å². The van der Waals surface area contributed by atoms with E-state index >= 15 is 0 Å². The smallest absolute Gasteiger partial charge is 0.239 e. The lowest BCUT2D eigenvalue weighted by molar-refractivity contribution is -0.121. The fourth-order valence-electron chi connectivity index (χ4n) is 2.27. The first-order valence-electron chi connectivity index (χ1n) is 6.79. The highest BCUT2D eigenvalue weighted by Gasteiger charge is 2.21. The van der Waals surface area contributed by atoms with E-state index in [0.717, 1.165) is 23.0 Å². The first-order valence-corrected chi connectivity index (χ1v) is 7.20. The molecule has 1 aromatic heterocycles. The lowest BCUT2D eigenvalue weighted by Gasteiger charge is -2.07. The summed E-state index contributed by atoms with van der Waals surface area (Å²) >= 11 is 5.00. The second-order valence-corrected chi connectivity index (χ2v) is 5.77. The van der Waals surface area contributed by atoms with Gasteiger partial charge in [-0.05, 0) is 36.3 Å². The summed E-state index contributed by atoms with van der Waals surface area (Å²) in [6, 6.07) is 7.81. The molecule has 1 aliphatic carbocycles. The molecule has 104 valence electrons. The first kappa shape index (κ1) is 13.1. The number of nitrogens with one attached hydrogen (secondary N) is 1. The maximum atomic E-state index is 11.9. The van der Waals surface area contributed by atoms with Gasteiger partial charge in [0.15, 0.2) is 0 Å². The van der Waals surface area contributed by atoms with Gasteiger partial charge in [0.25, 0.3) is 0 Å². The Kier molecular flexibility index (Phi) is 3.44. The minimum atomic E-state index is 0.0510. The van der Waals surface area contributed by atoms with Crippen LogP contribution in [0.1, 0.15) is 18.4 Å². The summed E-state index contributed by atoms with van der Waals surface area (Å²) < 4.78 is 1.93. The van der Waals surface area contributed by atoms with Crippen molar-refractivity contribution in [3.8, 4) is 0 Å². The fourth-order valence-corrected chi connectivity index (χ4v) is 2.39. The number of carbonyl (C=O) groups is 1. The molecule has 0 bridgehead atoms. The Morgan fingerprint density at radius 3 is 2.90 bits per heavy atom. The Balaban J connectivity index is 1.77. The molecule has 1 fully saturated rings. The number of thiocarbonyl (C=S) groups is 1. The van der Waals surface area contributed by atoms with Gasteiger partial charge in [0, 0.05) is 23.8 Å². The highest BCUT2D eigenvalue weighted by molar-refractivity contribution is 7.80. The van der Waals surface area contributed by atoms with Crippen LogP contribution in [-0.2, 0) is 11.3 Å². The van der Waals surface area contributed by atoms with Gasteiger partial charge in [0.2, 0.25) is 5.91 Å². The highest BCUT2D eigenvalue weighted by atomic mass is 32.1. The van der Waals surface area contributed by atoms with E-state index < -0.39 is 0 Å². The van der Waals surface area contributed by atoms with E-state index in [9.17, 15) is 4.79 Å². The Morgan fingerprint density at radius 2 is 2.20 bits per heavy atom. The van der Waals surface area contributed by atoms with Gasteiger partial charge in [0.1, 0.15) is 11.5 Å². The zero-order valence-corrected chi connectivity index (χ0v) is 12.0. The Hall–Kier alpha value is -1.88. The number of aromatic nitrogens is 1. The van der Waals surface area contributed by atoms with Crippen LogP contribution in [0.4, 0.5) is 0 Å². The quantitative estimate of drug-likeness (QED) is 0.824. The summed E-state index contributed by atoms with van der Waals surface area (Å²) in [4.78, 5) is 12.3. The van der Waals surface area contributed by atoms with Crippen molar-refractivity contribution in [3.05, 3.63) is 36.0 Å². The summed E-state index contributed by atoms with van der Waals surface area (Å²) in [5.41, 5.74) is 7.46. The van der Waals surface area contributed by atoms with Crippen molar-refractivity contribution in [2.24, 2.45) is 11.7 Å². The monoisotopic (exact) mass is 287 g/mol. The van der Waals surface area contributed by atoms with Gasteiger partial charge >= 0.3 is 0 Å². The number of rotatable bonds is 5. The number of hydrogen-bond acceptors (Lipinski definition) is 2. The van der Waals surface area contributed by atoms with E-state index in [1.165, 1.54) is 12.8 Å². The minimum absolute atomic E-state index is 0.0510. The fraction of sp³-hybridized carbons (Fsp3) is 0.333.